The average molecular weight is 360 g/mol. The number of aromatic amines is 1. The normalized spacial score (nSPS) is 30.0. The van der Waals surface area contributed by atoms with E-state index in [0.29, 0.717) is 12.2 Å². The standard InChI is InChI=1S/C18H20N2O6/c1-11-7-20(17(23)19-15(11)22)16-13-14(18(9-21,26-16)10-25-13)24-8-12-5-3-2-4-6-12/h2-7,13-14,16,21H,8-10H2,1H3,(H,19,22,23)/t13?,14?,16?,18-/m0/s1. The molecule has 2 bridgehead atoms. The topological polar surface area (TPSA) is 103 Å². The number of hydrogen-bond acceptors (Lipinski definition) is 6. The number of aliphatic hydroxyl groups is 1. The molecule has 2 saturated heterocycles. The maximum Gasteiger partial charge on any atom is 0.330 e. The van der Waals surface area contributed by atoms with Gasteiger partial charge < -0.3 is 19.3 Å². The molecule has 8 heteroatoms. The third-order valence-corrected chi connectivity index (χ3v) is 4.93. The van der Waals surface area contributed by atoms with E-state index in [-0.39, 0.29) is 13.2 Å². The first-order chi connectivity index (χ1) is 12.5. The van der Waals surface area contributed by atoms with Gasteiger partial charge in [0.2, 0.25) is 0 Å². The number of hydrogen-bond donors (Lipinski definition) is 2. The van der Waals surface area contributed by atoms with Crippen molar-refractivity contribution >= 4 is 0 Å². The Balaban J connectivity index is 1.62. The van der Waals surface area contributed by atoms with Gasteiger partial charge in [0.25, 0.3) is 5.56 Å². The lowest BCUT2D eigenvalue weighted by Crippen LogP contribution is -2.45. The van der Waals surface area contributed by atoms with Crippen LogP contribution in [0.2, 0.25) is 0 Å². The lowest BCUT2D eigenvalue weighted by atomic mass is 10.00. The predicted octanol–water partition coefficient (Wildman–Crippen LogP) is 0.0891. The second-order valence-electron chi connectivity index (χ2n) is 6.70. The van der Waals surface area contributed by atoms with Crippen LogP contribution in [-0.4, -0.2) is 45.7 Å². The van der Waals surface area contributed by atoms with Crippen LogP contribution in [0.1, 0.15) is 17.4 Å². The van der Waals surface area contributed by atoms with E-state index in [4.69, 9.17) is 14.2 Å². The van der Waals surface area contributed by atoms with Crippen molar-refractivity contribution in [3.63, 3.8) is 0 Å². The molecule has 0 spiro atoms. The minimum Gasteiger partial charge on any atom is -0.393 e. The SMILES string of the molecule is Cc1cn(C2O[C@@]3(CO)COC2C3OCc2ccccc2)c(=O)[nH]c1=O. The second kappa shape index (κ2) is 6.48. The molecule has 2 N–H and O–H groups in total. The first-order valence-electron chi connectivity index (χ1n) is 8.42. The van der Waals surface area contributed by atoms with E-state index >= 15 is 0 Å². The van der Waals surface area contributed by atoms with Crippen molar-refractivity contribution in [2.24, 2.45) is 0 Å². The molecule has 1 aromatic carbocycles. The highest BCUT2D eigenvalue weighted by Gasteiger charge is 2.63. The van der Waals surface area contributed by atoms with Crippen molar-refractivity contribution < 1.29 is 19.3 Å². The van der Waals surface area contributed by atoms with Crippen LogP contribution in [0.3, 0.4) is 0 Å². The van der Waals surface area contributed by atoms with Gasteiger partial charge in [0, 0.05) is 11.8 Å². The average Bonchev–Trinajstić information content (AvgIpc) is 3.16. The largest absolute Gasteiger partial charge is 0.393 e. The number of fused-ring (bicyclic) bond motifs is 2. The summed E-state index contributed by atoms with van der Waals surface area (Å²) in [4.78, 5) is 26.1. The Labute approximate surface area is 149 Å². The zero-order valence-electron chi connectivity index (χ0n) is 14.3. The van der Waals surface area contributed by atoms with Crippen LogP contribution in [0.5, 0.6) is 0 Å². The van der Waals surface area contributed by atoms with Crippen molar-refractivity contribution in [2.45, 2.75) is 37.6 Å². The summed E-state index contributed by atoms with van der Waals surface area (Å²) in [7, 11) is 0. The molecule has 0 aliphatic carbocycles. The van der Waals surface area contributed by atoms with Gasteiger partial charge in [-0.2, -0.15) is 0 Å². The number of aryl methyl sites for hydroxylation is 1. The number of ether oxygens (including phenoxy) is 3. The Morgan fingerprint density at radius 3 is 2.85 bits per heavy atom. The summed E-state index contributed by atoms with van der Waals surface area (Å²) < 4.78 is 19.1. The Morgan fingerprint density at radius 2 is 2.12 bits per heavy atom. The van der Waals surface area contributed by atoms with Crippen LogP contribution in [0.4, 0.5) is 0 Å². The van der Waals surface area contributed by atoms with Crippen LogP contribution in [0.15, 0.2) is 46.1 Å². The fourth-order valence-electron chi connectivity index (χ4n) is 3.52. The van der Waals surface area contributed by atoms with Gasteiger partial charge in [0.05, 0.1) is 19.8 Å². The number of rotatable bonds is 5. The first-order valence-corrected chi connectivity index (χ1v) is 8.42. The molecule has 2 fully saturated rings. The third kappa shape index (κ3) is 2.71. The highest BCUT2D eigenvalue weighted by molar-refractivity contribution is 5.15. The minimum atomic E-state index is -1.03. The van der Waals surface area contributed by atoms with E-state index in [0.717, 1.165) is 5.56 Å². The maximum absolute atomic E-state index is 12.2. The molecule has 4 rings (SSSR count). The van der Waals surface area contributed by atoms with Gasteiger partial charge in [-0.1, -0.05) is 30.3 Å². The number of nitrogens with zero attached hydrogens (tertiary/aromatic N) is 1. The van der Waals surface area contributed by atoms with Crippen molar-refractivity contribution in [1.29, 1.82) is 0 Å². The highest BCUT2D eigenvalue weighted by Crippen LogP contribution is 2.46. The lowest BCUT2D eigenvalue weighted by Gasteiger charge is -2.30. The van der Waals surface area contributed by atoms with E-state index in [1.807, 2.05) is 30.3 Å². The van der Waals surface area contributed by atoms with Gasteiger partial charge in [-0.3, -0.25) is 14.3 Å². The minimum absolute atomic E-state index is 0.182. The van der Waals surface area contributed by atoms with Crippen molar-refractivity contribution in [3.05, 3.63) is 68.5 Å². The van der Waals surface area contributed by atoms with E-state index in [9.17, 15) is 14.7 Å². The van der Waals surface area contributed by atoms with Crippen molar-refractivity contribution in [2.75, 3.05) is 13.2 Å². The fraction of sp³-hybridized carbons (Fsp3) is 0.444. The van der Waals surface area contributed by atoms with E-state index in [2.05, 4.69) is 4.98 Å². The molecule has 26 heavy (non-hydrogen) atoms. The van der Waals surface area contributed by atoms with Gasteiger partial charge in [-0.05, 0) is 12.5 Å². The molecule has 0 saturated carbocycles. The molecule has 2 aromatic rings. The predicted molar refractivity (Wildman–Crippen MR) is 90.8 cm³/mol. The van der Waals surface area contributed by atoms with Gasteiger partial charge in [-0.25, -0.2) is 4.79 Å². The van der Waals surface area contributed by atoms with Crippen LogP contribution in [0.25, 0.3) is 0 Å². The lowest BCUT2D eigenvalue weighted by molar-refractivity contribution is -0.189. The molecular formula is C18H20N2O6. The van der Waals surface area contributed by atoms with Crippen LogP contribution in [0, 0.1) is 6.92 Å². The van der Waals surface area contributed by atoms with Crippen LogP contribution < -0.4 is 11.2 Å². The van der Waals surface area contributed by atoms with Gasteiger partial charge in [0.15, 0.2) is 6.23 Å². The molecule has 1 aromatic heterocycles. The Morgan fingerprint density at radius 1 is 1.35 bits per heavy atom. The summed E-state index contributed by atoms with van der Waals surface area (Å²) >= 11 is 0. The summed E-state index contributed by atoms with van der Waals surface area (Å²) in [6.45, 7) is 1.83. The smallest absolute Gasteiger partial charge is 0.330 e. The third-order valence-electron chi connectivity index (χ3n) is 4.93. The zero-order valence-corrected chi connectivity index (χ0v) is 14.3. The van der Waals surface area contributed by atoms with E-state index in [1.54, 1.807) is 6.92 Å². The Hall–Kier alpha value is -2.26. The summed E-state index contributed by atoms with van der Waals surface area (Å²) in [5.41, 5.74) is -0.690. The molecule has 3 unspecified atom stereocenters. The number of aromatic nitrogens is 2. The van der Waals surface area contributed by atoms with Gasteiger partial charge >= 0.3 is 5.69 Å². The Bertz CT molecular complexity index is 908. The fourth-order valence-corrected chi connectivity index (χ4v) is 3.52. The van der Waals surface area contributed by atoms with E-state index in [1.165, 1.54) is 10.8 Å². The van der Waals surface area contributed by atoms with Crippen LogP contribution >= 0.6 is 0 Å². The maximum atomic E-state index is 12.2. The molecule has 8 nitrogen and oxygen atoms in total. The van der Waals surface area contributed by atoms with E-state index < -0.39 is 35.3 Å². The molecule has 3 heterocycles. The number of H-pyrrole nitrogens is 1. The molecule has 138 valence electrons. The number of nitrogens with one attached hydrogen (secondary N) is 1. The van der Waals surface area contributed by atoms with Crippen LogP contribution in [-0.2, 0) is 20.8 Å². The summed E-state index contributed by atoms with van der Waals surface area (Å²) in [6.07, 6.45) is -0.430. The molecule has 0 radical (unpaired) electrons. The molecule has 0 amide bonds. The number of aliphatic hydroxyl groups excluding tert-OH is 1. The molecular weight excluding hydrogens is 340 g/mol. The molecule has 2 aliphatic rings. The van der Waals surface area contributed by atoms with Gasteiger partial charge in [-0.15, -0.1) is 0 Å². The quantitative estimate of drug-likeness (QED) is 0.783. The van der Waals surface area contributed by atoms with Crippen molar-refractivity contribution in [1.82, 2.24) is 9.55 Å². The summed E-state index contributed by atoms with van der Waals surface area (Å²) in [5, 5.41) is 9.91. The Kier molecular flexibility index (Phi) is 4.28. The monoisotopic (exact) mass is 360 g/mol. The summed E-state index contributed by atoms with van der Waals surface area (Å²) in [6, 6.07) is 9.64. The molecule has 4 atom stereocenters. The highest BCUT2D eigenvalue weighted by atomic mass is 16.7. The van der Waals surface area contributed by atoms with Gasteiger partial charge in [0.1, 0.15) is 17.8 Å². The number of benzene rings is 1. The summed E-state index contributed by atoms with van der Waals surface area (Å²) in [5.74, 6) is 0. The first kappa shape index (κ1) is 17.2. The zero-order chi connectivity index (χ0) is 18.3. The van der Waals surface area contributed by atoms with Crippen molar-refractivity contribution in [3.8, 4) is 0 Å². The molecule has 2 aliphatic heterocycles. The second-order valence-corrected chi connectivity index (χ2v) is 6.70.